The van der Waals surface area contributed by atoms with Crippen LogP contribution < -0.4 is 32.4 Å². The Balaban J connectivity index is 0.00000324. The highest BCUT2D eigenvalue weighted by Crippen LogP contribution is 2.32. The first-order valence-corrected chi connectivity index (χ1v) is 11.3. The number of sulfone groups is 1. The first kappa shape index (κ1) is 24.6. The number of benzene rings is 4. The number of hydrogen-bond acceptors (Lipinski definition) is 8. The van der Waals surface area contributed by atoms with E-state index in [0.29, 0.717) is 45.7 Å². The van der Waals surface area contributed by atoms with E-state index in [-0.39, 0.29) is 22.2 Å². The quantitative estimate of drug-likeness (QED) is 0.274. The SMILES string of the molecule is Cl.Nc1ccc(Oc2ccc(S(=O)(=O)c3ccc(Oc4ccc(N)cc4N)cc3)cc2)c(N)c1. The van der Waals surface area contributed by atoms with Crippen LogP contribution in [0.4, 0.5) is 22.7 Å². The van der Waals surface area contributed by atoms with Crippen molar-refractivity contribution in [3.8, 4) is 23.0 Å². The van der Waals surface area contributed by atoms with Gasteiger partial charge in [0.25, 0.3) is 0 Å². The third-order valence-electron chi connectivity index (χ3n) is 4.79. The first-order valence-electron chi connectivity index (χ1n) is 9.83. The molecule has 0 amide bonds. The number of ether oxygens (including phenoxy) is 2. The summed E-state index contributed by atoms with van der Waals surface area (Å²) in [6.45, 7) is 0. The molecular weight excluding hydrogens is 476 g/mol. The number of halogens is 1. The van der Waals surface area contributed by atoms with E-state index >= 15 is 0 Å². The minimum Gasteiger partial charge on any atom is -0.455 e. The molecule has 0 fully saturated rings. The third-order valence-corrected chi connectivity index (χ3v) is 6.58. The molecule has 0 saturated heterocycles. The molecule has 0 radical (unpaired) electrons. The van der Waals surface area contributed by atoms with Crippen LogP contribution in [-0.4, -0.2) is 8.42 Å². The third kappa shape index (κ3) is 5.28. The van der Waals surface area contributed by atoms with Gasteiger partial charge in [-0.1, -0.05) is 0 Å². The van der Waals surface area contributed by atoms with Crippen molar-refractivity contribution >= 4 is 45.0 Å². The zero-order valence-electron chi connectivity index (χ0n) is 17.8. The maximum Gasteiger partial charge on any atom is 0.206 e. The van der Waals surface area contributed by atoms with Gasteiger partial charge in [0, 0.05) is 11.4 Å². The second-order valence-corrected chi connectivity index (χ2v) is 9.19. The van der Waals surface area contributed by atoms with Gasteiger partial charge in [0.1, 0.15) is 23.0 Å². The van der Waals surface area contributed by atoms with E-state index < -0.39 is 9.84 Å². The second-order valence-electron chi connectivity index (χ2n) is 7.24. The normalized spacial score (nSPS) is 10.8. The highest BCUT2D eigenvalue weighted by Gasteiger charge is 2.18. The smallest absolute Gasteiger partial charge is 0.206 e. The zero-order valence-corrected chi connectivity index (χ0v) is 19.5. The maximum absolute atomic E-state index is 13.0. The van der Waals surface area contributed by atoms with Crippen LogP contribution in [-0.2, 0) is 9.84 Å². The molecule has 176 valence electrons. The van der Waals surface area contributed by atoms with E-state index in [9.17, 15) is 8.42 Å². The largest absolute Gasteiger partial charge is 0.455 e. The van der Waals surface area contributed by atoms with Crippen molar-refractivity contribution in [1.82, 2.24) is 0 Å². The van der Waals surface area contributed by atoms with Crippen LogP contribution in [0.3, 0.4) is 0 Å². The molecule has 0 bridgehead atoms. The highest BCUT2D eigenvalue weighted by molar-refractivity contribution is 7.91. The van der Waals surface area contributed by atoms with Crippen molar-refractivity contribution < 1.29 is 17.9 Å². The summed E-state index contributed by atoms with van der Waals surface area (Å²) in [4.78, 5) is 0.244. The Morgan fingerprint density at radius 1 is 0.529 bits per heavy atom. The lowest BCUT2D eigenvalue weighted by molar-refractivity contribution is 0.484. The van der Waals surface area contributed by atoms with Gasteiger partial charge in [-0.2, -0.15) is 0 Å². The fourth-order valence-electron chi connectivity index (χ4n) is 3.08. The molecule has 0 saturated carbocycles. The molecule has 8 nitrogen and oxygen atoms in total. The van der Waals surface area contributed by atoms with Crippen molar-refractivity contribution in [2.45, 2.75) is 9.79 Å². The molecule has 0 aliphatic rings. The highest BCUT2D eigenvalue weighted by atomic mass is 35.5. The summed E-state index contributed by atoms with van der Waals surface area (Å²) in [5.41, 5.74) is 25.0. The molecule has 0 heterocycles. The van der Waals surface area contributed by atoms with Crippen LogP contribution in [0.25, 0.3) is 0 Å². The predicted molar refractivity (Wildman–Crippen MR) is 136 cm³/mol. The molecule has 10 heteroatoms. The lowest BCUT2D eigenvalue weighted by Crippen LogP contribution is -2.02. The number of anilines is 4. The molecule has 8 N–H and O–H groups in total. The Morgan fingerprint density at radius 2 is 0.882 bits per heavy atom. The van der Waals surface area contributed by atoms with E-state index in [1.165, 1.54) is 24.3 Å². The Morgan fingerprint density at radius 3 is 1.21 bits per heavy atom. The molecule has 4 aromatic rings. The van der Waals surface area contributed by atoms with Crippen LogP contribution in [0, 0.1) is 0 Å². The van der Waals surface area contributed by atoms with Crippen molar-refractivity contribution in [3.05, 3.63) is 84.9 Å². The van der Waals surface area contributed by atoms with Gasteiger partial charge in [0.15, 0.2) is 0 Å². The van der Waals surface area contributed by atoms with E-state index in [0.717, 1.165) is 0 Å². The summed E-state index contributed by atoms with van der Waals surface area (Å²) in [6.07, 6.45) is 0. The number of nitrogens with two attached hydrogens (primary N) is 4. The first-order chi connectivity index (χ1) is 15.7. The summed E-state index contributed by atoms with van der Waals surface area (Å²) in [5, 5.41) is 0. The molecule has 0 aliphatic heterocycles. The molecule has 0 aliphatic carbocycles. The monoisotopic (exact) mass is 498 g/mol. The van der Waals surface area contributed by atoms with E-state index in [4.69, 9.17) is 32.4 Å². The van der Waals surface area contributed by atoms with Crippen LogP contribution >= 0.6 is 12.4 Å². The summed E-state index contributed by atoms with van der Waals surface area (Å²) >= 11 is 0. The number of hydrogen-bond donors (Lipinski definition) is 4. The molecule has 0 spiro atoms. The topological polar surface area (TPSA) is 157 Å². The van der Waals surface area contributed by atoms with Gasteiger partial charge in [-0.25, -0.2) is 8.42 Å². The maximum atomic E-state index is 13.0. The number of rotatable bonds is 6. The summed E-state index contributed by atoms with van der Waals surface area (Å²) in [5.74, 6) is 1.74. The van der Waals surface area contributed by atoms with Gasteiger partial charge < -0.3 is 32.4 Å². The summed E-state index contributed by atoms with van der Waals surface area (Å²) in [6, 6.07) is 21.9. The van der Waals surface area contributed by atoms with E-state index in [1.54, 1.807) is 60.7 Å². The van der Waals surface area contributed by atoms with Crippen LogP contribution in [0.15, 0.2) is 94.7 Å². The Kier molecular flexibility index (Phi) is 7.09. The predicted octanol–water partition coefficient (Wildman–Crippen LogP) is 4.85. The molecule has 0 unspecified atom stereocenters. The summed E-state index contributed by atoms with van der Waals surface area (Å²) < 4.78 is 37.4. The Labute approximate surface area is 203 Å². The van der Waals surface area contributed by atoms with Gasteiger partial charge in [-0.05, 0) is 84.9 Å². The average Bonchev–Trinajstić information content (AvgIpc) is 2.78. The van der Waals surface area contributed by atoms with Crippen LogP contribution in [0.5, 0.6) is 23.0 Å². The van der Waals surface area contributed by atoms with Crippen molar-refractivity contribution in [2.24, 2.45) is 0 Å². The second kappa shape index (κ2) is 9.82. The summed E-state index contributed by atoms with van der Waals surface area (Å²) in [7, 11) is -3.74. The average molecular weight is 499 g/mol. The standard InChI is InChI=1S/C24H22N4O4S.ClH/c25-15-1-11-23(21(27)13-15)31-17-3-7-19(8-4-17)33(29,30)20-9-5-18(6-10-20)32-24-12-2-16(26)14-22(24)28;/h1-14H,25-28H2;1H. The van der Waals surface area contributed by atoms with Gasteiger partial charge in [0.05, 0.1) is 21.2 Å². The fourth-order valence-corrected chi connectivity index (χ4v) is 4.34. The van der Waals surface area contributed by atoms with E-state index in [1.807, 2.05) is 0 Å². The van der Waals surface area contributed by atoms with Gasteiger partial charge in [0.2, 0.25) is 9.84 Å². The van der Waals surface area contributed by atoms with Crippen LogP contribution in [0.1, 0.15) is 0 Å². The number of nitrogen functional groups attached to an aromatic ring is 4. The fraction of sp³-hybridized carbons (Fsp3) is 0. The van der Waals surface area contributed by atoms with Crippen molar-refractivity contribution in [1.29, 1.82) is 0 Å². The van der Waals surface area contributed by atoms with Gasteiger partial charge in [-0.3, -0.25) is 0 Å². The minimum absolute atomic E-state index is 0. The minimum atomic E-state index is -3.74. The molecule has 34 heavy (non-hydrogen) atoms. The van der Waals surface area contributed by atoms with Crippen LogP contribution in [0.2, 0.25) is 0 Å². The van der Waals surface area contributed by atoms with Crippen molar-refractivity contribution in [2.75, 3.05) is 22.9 Å². The van der Waals surface area contributed by atoms with Gasteiger partial charge in [-0.15, -0.1) is 12.4 Å². The van der Waals surface area contributed by atoms with E-state index in [2.05, 4.69) is 0 Å². The molecule has 0 atom stereocenters. The molecule has 4 rings (SSSR count). The lowest BCUT2D eigenvalue weighted by atomic mass is 10.2. The Hall–Kier alpha value is -4.08. The van der Waals surface area contributed by atoms with Crippen molar-refractivity contribution in [3.63, 3.8) is 0 Å². The lowest BCUT2D eigenvalue weighted by Gasteiger charge is -2.11. The van der Waals surface area contributed by atoms with Gasteiger partial charge >= 0.3 is 0 Å². The molecule has 4 aromatic carbocycles. The zero-order chi connectivity index (χ0) is 23.6. The Bertz CT molecular complexity index is 1310. The molecule has 0 aromatic heterocycles. The molecular formula is C24H23ClN4O4S.